The van der Waals surface area contributed by atoms with Crippen LogP contribution in [0.25, 0.3) is 6.08 Å². The average Bonchev–Trinajstić information content (AvgIpc) is 3.26. The molecule has 0 bridgehead atoms. The van der Waals surface area contributed by atoms with Gasteiger partial charge in [-0.25, -0.2) is 0 Å². The van der Waals surface area contributed by atoms with Crippen molar-refractivity contribution >= 4 is 17.8 Å². The van der Waals surface area contributed by atoms with Crippen molar-refractivity contribution in [1.82, 2.24) is 15.4 Å². The van der Waals surface area contributed by atoms with E-state index in [2.05, 4.69) is 21.5 Å². The summed E-state index contributed by atoms with van der Waals surface area (Å²) in [6.45, 7) is 10.8. The summed E-state index contributed by atoms with van der Waals surface area (Å²) >= 11 is 0. The SMILES string of the molecule is C/C1=C/C[C@@H](/C(C)=C/c2cnn[nH]2)OC(=O)C[C@H](O)C(C)(C)C(=O)[C@H](C)[C@@H](O)[C@@H](C)CCC1. The van der Waals surface area contributed by atoms with Crippen LogP contribution in [-0.2, 0) is 14.3 Å². The first-order chi connectivity index (χ1) is 15.4. The first-order valence-corrected chi connectivity index (χ1v) is 11.7. The van der Waals surface area contributed by atoms with Crippen LogP contribution in [0, 0.1) is 17.3 Å². The van der Waals surface area contributed by atoms with Gasteiger partial charge in [0, 0.05) is 12.3 Å². The second kappa shape index (κ2) is 11.7. The molecule has 0 amide bonds. The van der Waals surface area contributed by atoms with Crippen molar-refractivity contribution in [1.29, 1.82) is 0 Å². The van der Waals surface area contributed by atoms with Gasteiger partial charge < -0.3 is 14.9 Å². The number of hydrogen-bond donors (Lipinski definition) is 3. The van der Waals surface area contributed by atoms with Crippen LogP contribution in [0.4, 0.5) is 0 Å². The predicted octanol–water partition coefficient (Wildman–Crippen LogP) is 3.62. The summed E-state index contributed by atoms with van der Waals surface area (Å²) in [5.74, 6) is -1.54. The van der Waals surface area contributed by atoms with Crippen LogP contribution in [-0.4, -0.2) is 55.7 Å². The van der Waals surface area contributed by atoms with Gasteiger partial charge >= 0.3 is 5.97 Å². The Morgan fingerprint density at radius 2 is 1.97 bits per heavy atom. The zero-order chi connectivity index (χ0) is 24.8. The van der Waals surface area contributed by atoms with E-state index >= 15 is 0 Å². The van der Waals surface area contributed by atoms with Crippen molar-refractivity contribution in [3.8, 4) is 0 Å². The zero-order valence-corrected chi connectivity index (χ0v) is 20.7. The van der Waals surface area contributed by atoms with Crippen LogP contribution in [0.2, 0.25) is 0 Å². The van der Waals surface area contributed by atoms with Gasteiger partial charge in [-0.05, 0) is 50.7 Å². The molecular weight excluding hydrogens is 422 g/mol. The van der Waals surface area contributed by atoms with Crippen molar-refractivity contribution in [2.45, 2.75) is 92.0 Å². The Morgan fingerprint density at radius 3 is 2.61 bits per heavy atom. The Hall–Kier alpha value is -2.32. The molecule has 0 spiro atoms. The number of Topliss-reactive ketones (excluding diaryl/α,β-unsaturated/α-hetero) is 1. The number of carbonyl (C=O) groups is 2. The number of nitrogens with one attached hydrogen (secondary N) is 1. The van der Waals surface area contributed by atoms with E-state index in [1.165, 1.54) is 5.57 Å². The van der Waals surface area contributed by atoms with Gasteiger partial charge in [0.2, 0.25) is 0 Å². The molecule has 1 aromatic heterocycles. The van der Waals surface area contributed by atoms with Crippen LogP contribution in [0.5, 0.6) is 0 Å². The van der Waals surface area contributed by atoms with Crippen molar-refractivity contribution in [2.24, 2.45) is 17.3 Å². The molecule has 184 valence electrons. The maximum absolute atomic E-state index is 13.1. The lowest BCUT2D eigenvalue weighted by Gasteiger charge is -2.34. The molecule has 8 nitrogen and oxygen atoms in total. The first-order valence-electron chi connectivity index (χ1n) is 11.7. The number of H-pyrrole nitrogens is 1. The third-order valence-corrected chi connectivity index (χ3v) is 6.85. The van der Waals surface area contributed by atoms with Gasteiger partial charge in [-0.1, -0.05) is 44.6 Å². The maximum atomic E-state index is 13.1. The molecule has 0 radical (unpaired) electrons. The van der Waals surface area contributed by atoms with Crippen molar-refractivity contribution in [3.63, 3.8) is 0 Å². The largest absolute Gasteiger partial charge is 0.457 e. The normalized spacial score (nSPS) is 32.7. The van der Waals surface area contributed by atoms with Gasteiger partial charge in [-0.2, -0.15) is 0 Å². The Kier molecular flexibility index (Phi) is 9.55. The number of esters is 1. The number of allylic oxidation sites excluding steroid dienone is 1. The van der Waals surface area contributed by atoms with E-state index < -0.39 is 35.6 Å². The minimum absolute atomic E-state index is 0.0523. The number of aromatic nitrogens is 3. The molecular formula is C25H39N3O5. The number of ketones is 1. The van der Waals surface area contributed by atoms with Crippen molar-refractivity contribution in [2.75, 3.05) is 0 Å². The summed E-state index contributed by atoms with van der Waals surface area (Å²) < 4.78 is 5.75. The number of aromatic amines is 1. The van der Waals surface area contributed by atoms with Gasteiger partial charge in [0.05, 0.1) is 35.9 Å². The highest BCUT2D eigenvalue weighted by molar-refractivity contribution is 5.88. The standard InChI is InChI=1S/C25H39N3O5/c1-15-8-7-9-16(2)23(31)18(4)24(32)25(5,6)21(29)13-22(30)33-20(11-10-15)17(3)12-19-14-26-28-27-19/h10,12,14,16,18,20-21,23,29,31H,7-9,11,13H2,1-6H3,(H,26,27,28)/b15-10-,17-12+/t16-,18+,20-,21-,23-/m0/s1. The molecule has 0 fully saturated rings. The number of nitrogens with zero attached hydrogens (tertiary/aromatic N) is 2. The molecule has 1 aliphatic rings. The first kappa shape index (κ1) is 26.9. The number of hydrogen-bond acceptors (Lipinski definition) is 7. The van der Waals surface area contributed by atoms with Crippen LogP contribution in [0.1, 0.15) is 79.3 Å². The lowest BCUT2D eigenvalue weighted by Crippen LogP contribution is -2.45. The number of aliphatic hydroxyl groups is 2. The number of aliphatic hydroxyl groups excluding tert-OH is 2. The molecule has 0 saturated carbocycles. The molecule has 33 heavy (non-hydrogen) atoms. The topological polar surface area (TPSA) is 125 Å². The van der Waals surface area contributed by atoms with Gasteiger partial charge in [0.25, 0.3) is 0 Å². The summed E-state index contributed by atoms with van der Waals surface area (Å²) in [4.78, 5) is 25.9. The highest BCUT2D eigenvalue weighted by Gasteiger charge is 2.42. The lowest BCUT2D eigenvalue weighted by molar-refractivity contribution is -0.154. The number of carbonyl (C=O) groups excluding carboxylic acids is 2. The molecule has 5 atom stereocenters. The molecule has 3 N–H and O–H groups in total. The van der Waals surface area contributed by atoms with E-state index in [4.69, 9.17) is 4.74 Å². The molecule has 2 rings (SSSR count). The average molecular weight is 462 g/mol. The summed E-state index contributed by atoms with van der Waals surface area (Å²) in [6, 6.07) is 0. The molecule has 1 aliphatic heterocycles. The molecule has 0 unspecified atom stereocenters. The Bertz CT molecular complexity index is 859. The second-order valence-electron chi connectivity index (χ2n) is 10.0. The van der Waals surface area contributed by atoms with E-state index in [9.17, 15) is 19.8 Å². The molecule has 8 heteroatoms. The van der Waals surface area contributed by atoms with Gasteiger partial charge in [0.1, 0.15) is 11.9 Å². The third kappa shape index (κ3) is 7.33. The Labute approximate surface area is 196 Å². The quantitative estimate of drug-likeness (QED) is 0.454. The molecule has 1 aromatic rings. The van der Waals surface area contributed by atoms with Crippen LogP contribution < -0.4 is 0 Å². The maximum Gasteiger partial charge on any atom is 0.309 e. The minimum Gasteiger partial charge on any atom is -0.457 e. The Balaban J connectivity index is 2.32. The van der Waals surface area contributed by atoms with Gasteiger partial charge in [0.15, 0.2) is 0 Å². The van der Waals surface area contributed by atoms with Gasteiger partial charge in [-0.15, -0.1) is 5.10 Å². The summed E-state index contributed by atoms with van der Waals surface area (Å²) in [5, 5.41) is 31.7. The monoisotopic (exact) mass is 461 g/mol. The lowest BCUT2D eigenvalue weighted by atomic mass is 9.73. The zero-order valence-electron chi connectivity index (χ0n) is 20.7. The highest BCUT2D eigenvalue weighted by Crippen LogP contribution is 2.32. The van der Waals surface area contributed by atoms with E-state index in [0.717, 1.165) is 24.8 Å². The minimum atomic E-state index is -1.23. The summed E-state index contributed by atoms with van der Waals surface area (Å²) in [5.41, 5.74) is 1.49. The number of rotatable bonds is 2. The van der Waals surface area contributed by atoms with E-state index in [1.807, 2.05) is 26.8 Å². The fraction of sp³-hybridized carbons (Fsp3) is 0.680. The fourth-order valence-electron chi connectivity index (χ4n) is 4.24. The molecule has 0 saturated heterocycles. The van der Waals surface area contributed by atoms with Crippen LogP contribution in [0.3, 0.4) is 0 Å². The van der Waals surface area contributed by atoms with E-state index in [0.29, 0.717) is 12.1 Å². The van der Waals surface area contributed by atoms with Crippen molar-refractivity contribution < 1.29 is 24.5 Å². The fourth-order valence-corrected chi connectivity index (χ4v) is 4.24. The van der Waals surface area contributed by atoms with Gasteiger partial charge in [-0.3, -0.25) is 14.7 Å². The molecule has 0 aromatic carbocycles. The number of cyclic esters (lactones) is 1. The highest BCUT2D eigenvalue weighted by atomic mass is 16.5. The van der Waals surface area contributed by atoms with E-state index in [1.54, 1.807) is 27.0 Å². The Morgan fingerprint density at radius 1 is 1.27 bits per heavy atom. The predicted molar refractivity (Wildman–Crippen MR) is 126 cm³/mol. The molecule has 2 heterocycles. The second-order valence-corrected chi connectivity index (χ2v) is 10.0. The van der Waals surface area contributed by atoms with Crippen LogP contribution in [0.15, 0.2) is 23.4 Å². The van der Waals surface area contributed by atoms with Crippen molar-refractivity contribution in [3.05, 3.63) is 29.1 Å². The van der Waals surface area contributed by atoms with E-state index in [-0.39, 0.29) is 18.1 Å². The van der Waals surface area contributed by atoms with Crippen LogP contribution >= 0.6 is 0 Å². The summed E-state index contributed by atoms with van der Waals surface area (Å²) in [6.07, 6.45) is 5.64. The third-order valence-electron chi connectivity index (χ3n) is 6.85. The number of ether oxygens (including phenoxy) is 1. The molecule has 0 aliphatic carbocycles. The smallest absolute Gasteiger partial charge is 0.309 e. The summed E-state index contributed by atoms with van der Waals surface area (Å²) in [7, 11) is 0.